The topological polar surface area (TPSA) is 98.4 Å². The van der Waals surface area contributed by atoms with Gasteiger partial charge < -0.3 is 0 Å². The highest BCUT2D eigenvalue weighted by molar-refractivity contribution is 7.90. The van der Waals surface area contributed by atoms with Crippen LogP contribution in [0.4, 0.5) is 18.9 Å². The molecule has 2 N–H and O–H groups in total. The van der Waals surface area contributed by atoms with Crippen LogP contribution in [-0.2, 0) is 22.7 Å². The second-order valence-electron chi connectivity index (χ2n) is 10.5. The van der Waals surface area contributed by atoms with Gasteiger partial charge in [0.2, 0.25) is 10.0 Å². The van der Waals surface area contributed by atoms with Crippen LogP contribution in [-0.4, -0.2) is 47.9 Å². The number of aromatic nitrogens is 2. The van der Waals surface area contributed by atoms with Crippen molar-refractivity contribution in [3.8, 4) is 11.3 Å². The molecule has 1 amide bonds. The lowest BCUT2D eigenvalue weighted by Gasteiger charge is -2.37. The van der Waals surface area contributed by atoms with E-state index in [2.05, 4.69) is 14.9 Å². The smallest absolute Gasteiger partial charge is 0.272 e. The Labute approximate surface area is 252 Å². The predicted molar refractivity (Wildman–Crippen MR) is 156 cm³/mol. The third-order valence-corrected chi connectivity index (χ3v) is 10.1. The minimum absolute atomic E-state index is 0.00406. The molecule has 1 saturated heterocycles. The summed E-state index contributed by atoms with van der Waals surface area (Å²) in [6.45, 7) is 0.872. The molecule has 0 radical (unpaired) electrons. The van der Waals surface area contributed by atoms with Crippen LogP contribution in [0.25, 0.3) is 11.3 Å². The Morgan fingerprint density at radius 3 is 2.31 bits per heavy atom. The van der Waals surface area contributed by atoms with E-state index in [1.54, 1.807) is 12.1 Å². The molecule has 2 aliphatic rings. The number of nitrogens with zero attached hydrogens (tertiary/aromatic N) is 3. The first-order valence-electron chi connectivity index (χ1n) is 13.7. The molecular weight excluding hydrogens is 614 g/mol. The van der Waals surface area contributed by atoms with Gasteiger partial charge in [-0.05, 0) is 56.0 Å². The van der Waals surface area contributed by atoms with Gasteiger partial charge in [0.1, 0.15) is 5.69 Å². The van der Waals surface area contributed by atoms with Gasteiger partial charge >= 0.3 is 6.18 Å². The first kappa shape index (κ1) is 30.8. The molecule has 1 aromatic heterocycles. The maximum Gasteiger partial charge on any atom is 0.416 e. The maximum absolute atomic E-state index is 14.3. The summed E-state index contributed by atoms with van der Waals surface area (Å²) in [7, 11) is -3.72. The molecule has 0 atom stereocenters. The number of piperidine rings is 1. The van der Waals surface area contributed by atoms with Gasteiger partial charge in [0.15, 0.2) is 0 Å². The van der Waals surface area contributed by atoms with Crippen LogP contribution in [0.15, 0.2) is 42.5 Å². The van der Waals surface area contributed by atoms with Crippen LogP contribution in [0.5, 0.6) is 0 Å². The number of H-pyrrole nitrogens is 1. The fourth-order valence-electron chi connectivity index (χ4n) is 5.49. The van der Waals surface area contributed by atoms with Gasteiger partial charge in [-0.1, -0.05) is 54.6 Å². The highest BCUT2D eigenvalue weighted by atomic mass is 35.5. The van der Waals surface area contributed by atoms with E-state index in [9.17, 15) is 26.4 Å². The van der Waals surface area contributed by atoms with Crippen LogP contribution in [0, 0.1) is 0 Å². The SMILES string of the molecule is O=C(c1[nH]nc(-c2ccc(C(F)(F)F)cc2)c1CNS(=O)(=O)C1CCCC1)N(c1ccc(Cl)cc1Cl)N1CCCCC1. The summed E-state index contributed by atoms with van der Waals surface area (Å²) in [4.78, 5) is 14.3. The standard InChI is InChI=1S/C28H30Cl2F3N5O3S/c29-20-12-13-24(23(30)16-20)38(37-14-4-1-5-15-37)27(39)26-22(17-34-42(40,41)21-6-2-3-7-21)25(35-36-26)18-8-10-19(11-9-18)28(31,32)33/h8-13,16,21,34H,1-7,14-15,17H2,(H,35,36). The molecule has 2 aromatic carbocycles. The number of rotatable bonds is 8. The van der Waals surface area contributed by atoms with E-state index >= 15 is 0 Å². The second-order valence-corrected chi connectivity index (χ2v) is 13.4. The van der Waals surface area contributed by atoms with Gasteiger partial charge in [-0.2, -0.15) is 18.3 Å². The van der Waals surface area contributed by atoms with Crippen LogP contribution >= 0.6 is 23.2 Å². The number of aromatic amines is 1. The minimum Gasteiger partial charge on any atom is -0.272 e. The molecule has 8 nitrogen and oxygen atoms in total. The monoisotopic (exact) mass is 643 g/mol. The normalized spacial score (nSPS) is 17.1. The van der Waals surface area contributed by atoms with Crippen LogP contribution in [0.3, 0.4) is 0 Å². The molecule has 14 heteroatoms. The van der Waals surface area contributed by atoms with E-state index < -0.39 is 32.9 Å². The van der Waals surface area contributed by atoms with Gasteiger partial charge in [0.05, 0.1) is 27.2 Å². The summed E-state index contributed by atoms with van der Waals surface area (Å²) in [5.74, 6) is -0.540. The molecule has 1 aliphatic heterocycles. The molecule has 1 aliphatic carbocycles. The molecule has 0 bridgehead atoms. The van der Waals surface area contributed by atoms with E-state index in [0.29, 0.717) is 42.2 Å². The van der Waals surface area contributed by atoms with Gasteiger partial charge in [-0.3, -0.25) is 9.89 Å². The molecule has 3 aromatic rings. The summed E-state index contributed by atoms with van der Waals surface area (Å²) in [5.41, 5.74) is 0.222. The molecule has 2 heterocycles. The average Bonchev–Trinajstić information content (AvgIpc) is 3.65. The number of hydrazine groups is 1. The maximum atomic E-state index is 14.3. The van der Waals surface area contributed by atoms with Crippen LogP contribution < -0.4 is 9.73 Å². The number of alkyl halides is 3. The van der Waals surface area contributed by atoms with E-state index in [0.717, 1.165) is 44.2 Å². The quantitative estimate of drug-likeness (QED) is 0.281. The van der Waals surface area contributed by atoms with Gasteiger partial charge in [0, 0.05) is 35.8 Å². The van der Waals surface area contributed by atoms with E-state index in [-0.39, 0.29) is 28.5 Å². The lowest BCUT2D eigenvalue weighted by molar-refractivity contribution is -0.137. The zero-order valence-corrected chi connectivity index (χ0v) is 24.9. The molecule has 5 rings (SSSR count). The minimum atomic E-state index is -4.53. The first-order valence-corrected chi connectivity index (χ1v) is 16.0. The molecule has 0 unspecified atom stereocenters. The summed E-state index contributed by atoms with van der Waals surface area (Å²) >= 11 is 12.7. The van der Waals surface area contributed by atoms with Crippen molar-refractivity contribution in [3.63, 3.8) is 0 Å². The summed E-state index contributed by atoms with van der Waals surface area (Å²) in [5, 5.41) is 10.4. The van der Waals surface area contributed by atoms with Crippen LogP contribution in [0.2, 0.25) is 10.0 Å². The Morgan fingerprint density at radius 1 is 1.02 bits per heavy atom. The largest absolute Gasteiger partial charge is 0.416 e. The Kier molecular flexibility index (Phi) is 9.19. The highest BCUT2D eigenvalue weighted by Gasteiger charge is 2.34. The number of nitrogens with one attached hydrogen (secondary N) is 2. The van der Waals surface area contributed by atoms with E-state index in [1.807, 2.05) is 5.01 Å². The number of sulfonamides is 1. The number of hydrogen-bond donors (Lipinski definition) is 2. The second kappa shape index (κ2) is 12.5. The zero-order chi connectivity index (χ0) is 30.1. The van der Waals surface area contributed by atoms with Crippen molar-refractivity contribution in [3.05, 3.63) is 69.3 Å². The lowest BCUT2D eigenvalue weighted by atomic mass is 10.0. The fraction of sp³-hybridized carbons (Fsp3) is 0.429. The van der Waals surface area contributed by atoms with Crippen molar-refractivity contribution >= 4 is 44.8 Å². The average molecular weight is 645 g/mol. The number of amides is 1. The molecule has 2 fully saturated rings. The zero-order valence-electron chi connectivity index (χ0n) is 22.6. The number of hydrogen-bond acceptors (Lipinski definition) is 5. The van der Waals surface area contributed by atoms with Gasteiger partial charge in [-0.15, -0.1) is 0 Å². The fourth-order valence-corrected chi connectivity index (χ4v) is 7.51. The van der Waals surface area contributed by atoms with Crippen molar-refractivity contribution in [2.24, 2.45) is 0 Å². The molecule has 0 spiro atoms. The third-order valence-electron chi connectivity index (χ3n) is 7.70. The van der Waals surface area contributed by atoms with Crippen molar-refractivity contribution in [2.75, 3.05) is 18.1 Å². The van der Waals surface area contributed by atoms with Gasteiger partial charge in [0.25, 0.3) is 5.91 Å². The number of halogens is 5. The number of anilines is 1. The Morgan fingerprint density at radius 2 is 1.69 bits per heavy atom. The van der Waals surface area contributed by atoms with Crippen molar-refractivity contribution in [1.29, 1.82) is 0 Å². The van der Waals surface area contributed by atoms with Crippen molar-refractivity contribution in [2.45, 2.75) is 62.9 Å². The first-order chi connectivity index (χ1) is 20.0. The third kappa shape index (κ3) is 6.62. The lowest BCUT2D eigenvalue weighted by Crippen LogP contribution is -2.49. The summed E-state index contributed by atoms with van der Waals surface area (Å²) in [6, 6.07) is 9.12. The number of carbonyl (C=O) groups excluding carboxylic acids is 1. The van der Waals surface area contributed by atoms with Crippen molar-refractivity contribution < 1.29 is 26.4 Å². The number of benzene rings is 2. The van der Waals surface area contributed by atoms with Crippen molar-refractivity contribution in [1.82, 2.24) is 19.9 Å². The number of carbonyl (C=O) groups is 1. The van der Waals surface area contributed by atoms with E-state index in [4.69, 9.17) is 23.2 Å². The van der Waals surface area contributed by atoms with Crippen LogP contribution in [0.1, 0.15) is 66.6 Å². The Bertz CT molecular complexity index is 1540. The summed E-state index contributed by atoms with van der Waals surface area (Å²) in [6.07, 6.45) is 0.869. The molecule has 226 valence electrons. The van der Waals surface area contributed by atoms with Gasteiger partial charge in [-0.25, -0.2) is 23.2 Å². The summed E-state index contributed by atoms with van der Waals surface area (Å²) < 4.78 is 68.5. The predicted octanol–water partition coefficient (Wildman–Crippen LogP) is 6.81. The Balaban J connectivity index is 1.57. The molecule has 1 saturated carbocycles. The molecular formula is C28H30Cl2F3N5O3S. The highest BCUT2D eigenvalue weighted by Crippen LogP contribution is 2.35. The molecule has 42 heavy (non-hydrogen) atoms. The Hall–Kier alpha value is -2.64. The van der Waals surface area contributed by atoms with E-state index in [1.165, 1.54) is 23.2 Å².